The van der Waals surface area contributed by atoms with E-state index in [2.05, 4.69) is 5.32 Å². The molecule has 0 aliphatic carbocycles. The minimum absolute atomic E-state index is 0.0443. The zero-order chi connectivity index (χ0) is 13.2. The van der Waals surface area contributed by atoms with E-state index in [4.69, 9.17) is 5.11 Å². The van der Waals surface area contributed by atoms with Gasteiger partial charge in [0, 0.05) is 13.0 Å². The van der Waals surface area contributed by atoms with Crippen LogP contribution in [0.5, 0.6) is 0 Å². The van der Waals surface area contributed by atoms with Crippen molar-refractivity contribution in [2.75, 3.05) is 6.54 Å². The maximum absolute atomic E-state index is 11.4. The van der Waals surface area contributed by atoms with Crippen molar-refractivity contribution < 1.29 is 14.7 Å². The summed E-state index contributed by atoms with van der Waals surface area (Å²) >= 11 is 0. The van der Waals surface area contributed by atoms with Crippen LogP contribution in [0.15, 0.2) is 42.5 Å². The molecule has 4 heteroatoms. The van der Waals surface area contributed by atoms with Gasteiger partial charge < -0.3 is 10.4 Å². The van der Waals surface area contributed by atoms with E-state index in [1.54, 1.807) is 6.08 Å². The number of hydrogen-bond acceptors (Lipinski definition) is 2. The fourth-order valence-electron chi connectivity index (χ4n) is 1.44. The molecule has 1 amide bonds. The number of rotatable bonds is 7. The SMILES string of the molecule is O=C(O)C/C=C/CC(=O)NCCc1ccccc1. The predicted octanol–water partition coefficient (Wildman–Crippen LogP) is 1.77. The lowest BCUT2D eigenvalue weighted by atomic mass is 10.1. The lowest BCUT2D eigenvalue weighted by Crippen LogP contribution is -2.24. The van der Waals surface area contributed by atoms with Crippen LogP contribution in [0, 0.1) is 0 Å². The highest BCUT2D eigenvalue weighted by molar-refractivity contribution is 5.77. The van der Waals surface area contributed by atoms with Crippen LogP contribution in [0.3, 0.4) is 0 Å². The Bertz CT molecular complexity index is 412. The minimum Gasteiger partial charge on any atom is -0.481 e. The van der Waals surface area contributed by atoms with Gasteiger partial charge in [0.15, 0.2) is 0 Å². The quantitative estimate of drug-likeness (QED) is 0.721. The zero-order valence-corrected chi connectivity index (χ0v) is 10.1. The molecule has 1 rings (SSSR count). The van der Waals surface area contributed by atoms with E-state index in [1.807, 2.05) is 30.3 Å². The molecule has 0 fully saturated rings. The van der Waals surface area contributed by atoms with E-state index in [0.717, 1.165) is 6.42 Å². The summed E-state index contributed by atoms with van der Waals surface area (Å²) < 4.78 is 0. The average Bonchev–Trinajstić information content (AvgIpc) is 2.36. The highest BCUT2D eigenvalue weighted by Crippen LogP contribution is 1.98. The standard InChI is InChI=1S/C14H17NO3/c16-13(8-4-5-9-14(17)18)15-11-10-12-6-2-1-3-7-12/h1-7H,8-11H2,(H,15,16)(H,17,18)/b5-4+. The molecule has 0 unspecified atom stereocenters. The van der Waals surface area contributed by atoms with E-state index in [0.29, 0.717) is 6.54 Å². The Labute approximate surface area is 106 Å². The van der Waals surface area contributed by atoms with Crippen LogP contribution in [-0.2, 0) is 16.0 Å². The van der Waals surface area contributed by atoms with Crippen molar-refractivity contribution in [1.29, 1.82) is 0 Å². The Morgan fingerprint density at radius 3 is 2.44 bits per heavy atom. The van der Waals surface area contributed by atoms with Crippen LogP contribution in [0.25, 0.3) is 0 Å². The van der Waals surface area contributed by atoms with Crippen LogP contribution in [0.2, 0.25) is 0 Å². The van der Waals surface area contributed by atoms with Crippen molar-refractivity contribution >= 4 is 11.9 Å². The molecule has 0 aliphatic rings. The minimum atomic E-state index is -0.893. The van der Waals surface area contributed by atoms with Crippen molar-refractivity contribution in [2.45, 2.75) is 19.3 Å². The molecule has 0 spiro atoms. The summed E-state index contributed by atoms with van der Waals surface area (Å²) in [6.07, 6.45) is 4.04. The largest absolute Gasteiger partial charge is 0.481 e. The summed E-state index contributed by atoms with van der Waals surface area (Å²) in [4.78, 5) is 21.6. The summed E-state index contributed by atoms with van der Waals surface area (Å²) in [6, 6.07) is 9.91. The van der Waals surface area contributed by atoms with Gasteiger partial charge in [-0.2, -0.15) is 0 Å². The smallest absolute Gasteiger partial charge is 0.307 e. The van der Waals surface area contributed by atoms with Gasteiger partial charge in [-0.05, 0) is 12.0 Å². The number of aliphatic carboxylic acids is 1. The van der Waals surface area contributed by atoms with E-state index in [1.165, 1.54) is 11.6 Å². The number of carbonyl (C=O) groups excluding carboxylic acids is 1. The normalized spacial score (nSPS) is 10.4. The molecule has 1 aromatic carbocycles. The first-order valence-corrected chi connectivity index (χ1v) is 5.86. The molecule has 0 saturated carbocycles. The lowest BCUT2D eigenvalue weighted by molar-refractivity contribution is -0.136. The van der Waals surface area contributed by atoms with Gasteiger partial charge in [0.2, 0.25) is 5.91 Å². The Kier molecular flexibility index (Phi) is 6.25. The monoisotopic (exact) mass is 247 g/mol. The number of nitrogens with one attached hydrogen (secondary N) is 1. The fraction of sp³-hybridized carbons (Fsp3) is 0.286. The van der Waals surface area contributed by atoms with Gasteiger partial charge in [0.1, 0.15) is 0 Å². The molecule has 18 heavy (non-hydrogen) atoms. The highest BCUT2D eigenvalue weighted by atomic mass is 16.4. The zero-order valence-electron chi connectivity index (χ0n) is 10.1. The van der Waals surface area contributed by atoms with Crippen molar-refractivity contribution in [3.8, 4) is 0 Å². The van der Waals surface area contributed by atoms with Gasteiger partial charge in [0.25, 0.3) is 0 Å². The molecule has 4 nitrogen and oxygen atoms in total. The Morgan fingerprint density at radius 1 is 1.11 bits per heavy atom. The maximum atomic E-state index is 11.4. The average molecular weight is 247 g/mol. The predicted molar refractivity (Wildman–Crippen MR) is 69.2 cm³/mol. The third-order valence-corrected chi connectivity index (χ3v) is 2.34. The van der Waals surface area contributed by atoms with E-state index in [-0.39, 0.29) is 18.7 Å². The topological polar surface area (TPSA) is 66.4 Å². The highest BCUT2D eigenvalue weighted by Gasteiger charge is 1.98. The van der Waals surface area contributed by atoms with E-state index in [9.17, 15) is 9.59 Å². The van der Waals surface area contributed by atoms with Crippen molar-refractivity contribution in [2.24, 2.45) is 0 Å². The number of carboxylic acid groups (broad SMARTS) is 1. The fourth-order valence-corrected chi connectivity index (χ4v) is 1.44. The van der Waals surface area contributed by atoms with E-state index < -0.39 is 5.97 Å². The summed E-state index contributed by atoms with van der Waals surface area (Å²) in [6.45, 7) is 0.593. The molecular weight excluding hydrogens is 230 g/mol. The first-order valence-electron chi connectivity index (χ1n) is 5.86. The van der Waals surface area contributed by atoms with Gasteiger partial charge >= 0.3 is 5.97 Å². The van der Waals surface area contributed by atoms with Crippen LogP contribution in [-0.4, -0.2) is 23.5 Å². The summed E-state index contributed by atoms with van der Waals surface area (Å²) in [5, 5.41) is 11.2. The molecule has 0 heterocycles. The lowest BCUT2D eigenvalue weighted by Gasteiger charge is -2.03. The molecule has 0 aromatic heterocycles. The van der Waals surface area contributed by atoms with Gasteiger partial charge in [-0.15, -0.1) is 0 Å². The van der Waals surface area contributed by atoms with Crippen LogP contribution in [0.4, 0.5) is 0 Å². The van der Waals surface area contributed by atoms with E-state index >= 15 is 0 Å². The van der Waals surface area contributed by atoms with Crippen LogP contribution >= 0.6 is 0 Å². The first kappa shape index (κ1) is 14.0. The molecule has 96 valence electrons. The first-order chi connectivity index (χ1) is 8.68. The second-order valence-corrected chi connectivity index (χ2v) is 3.86. The molecule has 1 aromatic rings. The second kappa shape index (κ2) is 8.06. The molecule has 0 bridgehead atoms. The Hall–Kier alpha value is -2.10. The van der Waals surface area contributed by atoms with Gasteiger partial charge in [-0.25, -0.2) is 0 Å². The molecular formula is C14H17NO3. The third-order valence-electron chi connectivity index (χ3n) is 2.34. The van der Waals surface area contributed by atoms with Crippen LogP contribution < -0.4 is 5.32 Å². The Balaban J connectivity index is 2.14. The second-order valence-electron chi connectivity index (χ2n) is 3.86. The van der Waals surface area contributed by atoms with Crippen molar-refractivity contribution in [1.82, 2.24) is 5.32 Å². The molecule has 2 N–H and O–H groups in total. The molecule has 0 aliphatic heterocycles. The summed E-state index contributed by atoms with van der Waals surface area (Å²) in [7, 11) is 0. The van der Waals surface area contributed by atoms with Gasteiger partial charge in [-0.1, -0.05) is 42.5 Å². The number of carboxylic acids is 1. The third kappa shape index (κ3) is 6.48. The number of hydrogen-bond donors (Lipinski definition) is 2. The maximum Gasteiger partial charge on any atom is 0.307 e. The number of benzene rings is 1. The van der Waals surface area contributed by atoms with Gasteiger partial charge in [0.05, 0.1) is 6.42 Å². The number of amides is 1. The van der Waals surface area contributed by atoms with Gasteiger partial charge in [-0.3, -0.25) is 9.59 Å². The van der Waals surface area contributed by atoms with Crippen molar-refractivity contribution in [3.63, 3.8) is 0 Å². The molecule has 0 saturated heterocycles. The molecule has 0 radical (unpaired) electrons. The van der Waals surface area contributed by atoms with Crippen molar-refractivity contribution in [3.05, 3.63) is 48.0 Å². The Morgan fingerprint density at radius 2 is 1.78 bits per heavy atom. The number of carbonyl (C=O) groups is 2. The molecule has 0 atom stereocenters. The summed E-state index contributed by atoms with van der Waals surface area (Å²) in [5.74, 6) is -0.983. The van der Waals surface area contributed by atoms with Crippen LogP contribution in [0.1, 0.15) is 18.4 Å². The summed E-state index contributed by atoms with van der Waals surface area (Å²) in [5.41, 5.74) is 1.18.